The van der Waals surface area contributed by atoms with Crippen molar-refractivity contribution in [2.75, 3.05) is 10.5 Å². The number of nitrogens with one attached hydrogen (secondary N) is 1. The summed E-state index contributed by atoms with van der Waals surface area (Å²) >= 11 is 1.15. The highest BCUT2D eigenvalue weighted by Gasteiger charge is 2.15. The van der Waals surface area contributed by atoms with Gasteiger partial charge in [-0.15, -0.1) is 11.3 Å². The first kappa shape index (κ1) is 12.8. The van der Waals surface area contributed by atoms with Crippen molar-refractivity contribution in [2.24, 2.45) is 0 Å². The van der Waals surface area contributed by atoms with E-state index in [0.717, 1.165) is 23.3 Å². The van der Waals surface area contributed by atoms with Gasteiger partial charge in [0.05, 0.1) is 4.90 Å². The number of sulfonamides is 1. The number of aromatic nitrogens is 1. The Morgan fingerprint density at radius 2 is 2.00 bits per heavy atom. The fourth-order valence-corrected chi connectivity index (χ4v) is 3.26. The van der Waals surface area contributed by atoms with Gasteiger partial charge < -0.3 is 5.73 Å². The van der Waals surface area contributed by atoms with E-state index in [1.165, 1.54) is 0 Å². The highest BCUT2D eigenvalue weighted by Crippen LogP contribution is 2.21. The van der Waals surface area contributed by atoms with Gasteiger partial charge in [0.25, 0.3) is 10.0 Å². The summed E-state index contributed by atoms with van der Waals surface area (Å²) in [7, 11) is -3.58. The lowest BCUT2D eigenvalue weighted by Crippen LogP contribution is -2.12. The van der Waals surface area contributed by atoms with Crippen molar-refractivity contribution in [2.45, 2.75) is 18.2 Å². The van der Waals surface area contributed by atoms with Gasteiger partial charge in [-0.1, -0.05) is 19.1 Å². The zero-order valence-electron chi connectivity index (χ0n) is 9.75. The predicted molar refractivity (Wildman–Crippen MR) is 73.2 cm³/mol. The van der Waals surface area contributed by atoms with Crippen LogP contribution in [-0.2, 0) is 16.4 Å². The molecule has 1 heterocycles. The molecular formula is C11H13N3O2S2. The topological polar surface area (TPSA) is 85.1 Å². The second-order valence-corrected chi connectivity index (χ2v) is 6.22. The van der Waals surface area contributed by atoms with Gasteiger partial charge in [-0.05, 0) is 24.1 Å². The zero-order valence-corrected chi connectivity index (χ0v) is 11.4. The second-order valence-electron chi connectivity index (χ2n) is 3.68. The summed E-state index contributed by atoms with van der Waals surface area (Å²) in [6.45, 7) is 2.01. The van der Waals surface area contributed by atoms with Gasteiger partial charge in [-0.2, -0.15) is 0 Å². The third-order valence-corrected chi connectivity index (χ3v) is 4.65. The molecule has 0 bridgehead atoms. The van der Waals surface area contributed by atoms with Gasteiger partial charge in [0.1, 0.15) is 5.82 Å². The van der Waals surface area contributed by atoms with Crippen LogP contribution in [0.3, 0.4) is 0 Å². The number of nitrogens with zero attached hydrogens (tertiary/aromatic N) is 1. The van der Waals surface area contributed by atoms with Gasteiger partial charge >= 0.3 is 0 Å². The lowest BCUT2D eigenvalue weighted by molar-refractivity contribution is 0.601. The van der Waals surface area contributed by atoms with E-state index in [0.29, 0.717) is 5.82 Å². The van der Waals surface area contributed by atoms with Crippen LogP contribution in [0, 0.1) is 0 Å². The van der Waals surface area contributed by atoms with E-state index in [1.807, 2.05) is 6.92 Å². The van der Waals surface area contributed by atoms with Crippen LogP contribution < -0.4 is 10.5 Å². The summed E-state index contributed by atoms with van der Waals surface area (Å²) in [5, 5.41) is 1.85. The molecule has 3 N–H and O–H groups in total. The van der Waals surface area contributed by atoms with Crippen LogP contribution in [0.5, 0.6) is 0 Å². The van der Waals surface area contributed by atoms with Crippen LogP contribution in [0.1, 0.15) is 12.5 Å². The first-order valence-corrected chi connectivity index (χ1v) is 7.70. The van der Waals surface area contributed by atoms with Gasteiger partial charge in [0.2, 0.25) is 0 Å². The number of rotatable bonds is 4. The Labute approximate surface area is 110 Å². The van der Waals surface area contributed by atoms with Crippen molar-refractivity contribution in [1.29, 1.82) is 0 Å². The predicted octanol–water partition coefficient (Wildman–Crippen LogP) is 2.09. The minimum absolute atomic E-state index is 0.216. The third kappa shape index (κ3) is 2.80. The van der Waals surface area contributed by atoms with Crippen LogP contribution in [0.25, 0.3) is 0 Å². The zero-order chi connectivity index (χ0) is 13.2. The molecule has 1 aromatic carbocycles. The average Bonchev–Trinajstić information content (AvgIpc) is 2.74. The van der Waals surface area contributed by atoms with E-state index in [4.69, 9.17) is 5.73 Å². The Morgan fingerprint density at radius 3 is 2.50 bits per heavy atom. The molecule has 2 aromatic rings. The smallest absolute Gasteiger partial charge is 0.263 e. The Kier molecular flexibility index (Phi) is 3.53. The minimum atomic E-state index is -3.58. The highest BCUT2D eigenvalue weighted by molar-refractivity contribution is 7.93. The fourth-order valence-electron chi connectivity index (χ4n) is 1.41. The molecule has 18 heavy (non-hydrogen) atoms. The Hall–Kier alpha value is -1.60. The summed E-state index contributed by atoms with van der Waals surface area (Å²) in [6, 6.07) is 6.76. The van der Waals surface area contributed by atoms with Crippen LogP contribution in [0.4, 0.5) is 10.9 Å². The average molecular weight is 283 g/mol. The number of benzene rings is 1. The molecule has 0 aliphatic heterocycles. The Morgan fingerprint density at radius 1 is 1.33 bits per heavy atom. The summed E-state index contributed by atoms with van der Waals surface area (Å²) in [5.74, 6) is 0.305. The van der Waals surface area contributed by atoms with Crippen LogP contribution >= 0.6 is 11.3 Å². The Balaban J connectivity index is 2.24. The first-order chi connectivity index (χ1) is 8.51. The monoisotopic (exact) mass is 283 g/mol. The van der Waals surface area contributed by atoms with Crippen LogP contribution in [0.2, 0.25) is 0 Å². The van der Waals surface area contributed by atoms with Gasteiger partial charge in [-0.3, -0.25) is 4.72 Å². The number of anilines is 2. The van der Waals surface area contributed by atoms with E-state index in [9.17, 15) is 8.42 Å². The number of nitrogens with two attached hydrogens (primary N) is 1. The maximum absolute atomic E-state index is 12.0. The molecule has 0 radical (unpaired) electrons. The molecule has 0 saturated carbocycles. The van der Waals surface area contributed by atoms with Crippen molar-refractivity contribution in [1.82, 2.24) is 4.98 Å². The number of hydrogen-bond acceptors (Lipinski definition) is 5. The molecule has 96 valence electrons. The number of thiazole rings is 1. The van der Waals surface area contributed by atoms with Crippen molar-refractivity contribution in [3.63, 3.8) is 0 Å². The van der Waals surface area contributed by atoms with Gasteiger partial charge in [0, 0.05) is 5.38 Å². The number of hydrogen-bond donors (Lipinski definition) is 2. The maximum atomic E-state index is 12.0. The summed E-state index contributed by atoms with van der Waals surface area (Å²) < 4.78 is 26.4. The van der Waals surface area contributed by atoms with Crippen molar-refractivity contribution in [3.05, 3.63) is 35.2 Å². The summed E-state index contributed by atoms with van der Waals surface area (Å²) in [4.78, 5) is 4.08. The van der Waals surface area contributed by atoms with Crippen molar-refractivity contribution >= 4 is 32.3 Å². The number of aryl methyl sites for hydroxylation is 1. The lowest BCUT2D eigenvalue weighted by Gasteiger charge is -2.05. The maximum Gasteiger partial charge on any atom is 0.263 e. The van der Waals surface area contributed by atoms with Gasteiger partial charge in [0.15, 0.2) is 5.13 Å². The molecule has 0 unspecified atom stereocenters. The van der Waals surface area contributed by atoms with Crippen molar-refractivity contribution in [3.8, 4) is 0 Å². The molecule has 1 aromatic heterocycles. The molecule has 0 aliphatic rings. The van der Waals surface area contributed by atoms with E-state index >= 15 is 0 Å². The van der Waals surface area contributed by atoms with Crippen molar-refractivity contribution < 1.29 is 8.42 Å². The van der Waals surface area contributed by atoms with E-state index in [2.05, 4.69) is 9.71 Å². The number of nitrogen functional groups attached to an aromatic ring is 1. The molecule has 5 nitrogen and oxygen atoms in total. The quantitative estimate of drug-likeness (QED) is 0.899. The normalized spacial score (nSPS) is 11.4. The Bertz CT molecular complexity index is 633. The molecule has 0 atom stereocenters. The lowest BCUT2D eigenvalue weighted by atomic mass is 10.2. The van der Waals surface area contributed by atoms with E-state index in [-0.39, 0.29) is 10.0 Å². The SMILES string of the molecule is CCc1ccc(S(=O)(=O)Nc2nc(N)cs2)cc1. The van der Waals surface area contributed by atoms with E-state index in [1.54, 1.807) is 29.6 Å². The molecule has 0 spiro atoms. The first-order valence-electron chi connectivity index (χ1n) is 5.34. The molecule has 0 amide bonds. The molecule has 7 heteroatoms. The standard InChI is InChI=1S/C11H13N3O2S2/c1-2-8-3-5-9(6-4-8)18(15,16)14-11-13-10(12)7-17-11/h3-7H,2,12H2,1H3,(H,13,14). The van der Waals surface area contributed by atoms with E-state index < -0.39 is 10.0 Å². The van der Waals surface area contributed by atoms with Gasteiger partial charge in [-0.25, -0.2) is 13.4 Å². The summed E-state index contributed by atoms with van der Waals surface area (Å²) in [6.07, 6.45) is 0.872. The molecule has 0 saturated heterocycles. The largest absolute Gasteiger partial charge is 0.383 e. The second kappa shape index (κ2) is 4.95. The molecule has 0 fully saturated rings. The molecule has 0 aliphatic carbocycles. The third-order valence-electron chi connectivity index (χ3n) is 2.39. The highest BCUT2D eigenvalue weighted by atomic mass is 32.2. The minimum Gasteiger partial charge on any atom is -0.383 e. The molecular weight excluding hydrogens is 270 g/mol. The molecule has 2 rings (SSSR count). The van der Waals surface area contributed by atoms with Crippen LogP contribution in [-0.4, -0.2) is 13.4 Å². The van der Waals surface area contributed by atoms with Crippen LogP contribution in [0.15, 0.2) is 34.5 Å². The summed E-state index contributed by atoms with van der Waals surface area (Å²) in [5.41, 5.74) is 6.53. The fraction of sp³-hybridized carbons (Fsp3) is 0.182.